The van der Waals surface area contributed by atoms with Gasteiger partial charge in [0.15, 0.2) is 5.82 Å². The summed E-state index contributed by atoms with van der Waals surface area (Å²) >= 11 is 0. The maximum atomic E-state index is 11.8. The first-order valence-electron chi connectivity index (χ1n) is 7.60. The number of hydrogen-bond acceptors (Lipinski definition) is 6. The van der Waals surface area contributed by atoms with Crippen molar-refractivity contribution in [2.45, 2.75) is 31.8 Å². The molecule has 8 nitrogen and oxygen atoms in total. The molecule has 1 unspecified atom stereocenters. The molecule has 2 aliphatic heterocycles. The van der Waals surface area contributed by atoms with Crippen LogP contribution in [0.1, 0.15) is 31.4 Å². The fourth-order valence-corrected chi connectivity index (χ4v) is 3.85. The van der Waals surface area contributed by atoms with Gasteiger partial charge >= 0.3 is 6.09 Å². The van der Waals surface area contributed by atoms with Gasteiger partial charge in [0.1, 0.15) is 6.10 Å². The van der Waals surface area contributed by atoms with Gasteiger partial charge in [-0.25, -0.2) is 22.5 Å². The van der Waals surface area contributed by atoms with Crippen LogP contribution in [0.25, 0.3) is 0 Å². The summed E-state index contributed by atoms with van der Waals surface area (Å²) in [5, 5.41) is 0. The third kappa shape index (κ3) is 3.45. The van der Waals surface area contributed by atoms with Gasteiger partial charge in [-0.05, 0) is 19.8 Å². The van der Waals surface area contributed by atoms with Gasteiger partial charge in [-0.1, -0.05) is 0 Å². The van der Waals surface area contributed by atoms with Crippen molar-refractivity contribution in [1.29, 1.82) is 0 Å². The van der Waals surface area contributed by atoms with E-state index in [4.69, 9.17) is 4.74 Å². The number of amides is 1. The van der Waals surface area contributed by atoms with Crippen LogP contribution in [0.4, 0.5) is 10.6 Å². The number of cyclic esters (lactones) is 1. The third-order valence-electron chi connectivity index (χ3n) is 4.22. The number of anilines is 1. The van der Waals surface area contributed by atoms with Crippen LogP contribution in [-0.4, -0.2) is 60.8 Å². The number of carbonyl (C=O) groups is 1. The predicted molar refractivity (Wildman–Crippen MR) is 83.7 cm³/mol. The topological polar surface area (TPSA) is 92.7 Å². The number of aromatic nitrogens is 2. The largest absolute Gasteiger partial charge is 0.444 e. The van der Waals surface area contributed by atoms with Crippen molar-refractivity contribution in [2.75, 3.05) is 30.8 Å². The SMILES string of the molecule is CC1CN(c2cncc(C3CCN(S(C)(=O)=O)CC3)n2)C(=O)O1. The molecule has 0 aliphatic carbocycles. The van der Waals surface area contributed by atoms with Crippen LogP contribution in [0, 0.1) is 0 Å². The van der Waals surface area contributed by atoms with Crippen molar-refractivity contribution >= 4 is 21.9 Å². The molecule has 0 N–H and O–H groups in total. The normalized spacial score (nSPS) is 24.0. The maximum Gasteiger partial charge on any atom is 0.415 e. The number of sulfonamides is 1. The van der Waals surface area contributed by atoms with Crippen molar-refractivity contribution in [3.63, 3.8) is 0 Å². The van der Waals surface area contributed by atoms with Crippen LogP contribution < -0.4 is 4.90 Å². The quantitative estimate of drug-likeness (QED) is 0.814. The Morgan fingerprint density at radius 3 is 2.52 bits per heavy atom. The van der Waals surface area contributed by atoms with E-state index in [0.29, 0.717) is 38.3 Å². The minimum Gasteiger partial charge on any atom is -0.444 e. The number of hydrogen-bond donors (Lipinski definition) is 0. The highest BCUT2D eigenvalue weighted by Gasteiger charge is 2.32. The molecular formula is C14H20N4O4S. The molecule has 1 aromatic heterocycles. The van der Waals surface area contributed by atoms with E-state index in [0.717, 1.165) is 5.69 Å². The monoisotopic (exact) mass is 340 g/mol. The summed E-state index contributed by atoms with van der Waals surface area (Å²) in [4.78, 5) is 22.0. The molecule has 1 atom stereocenters. The van der Waals surface area contributed by atoms with Gasteiger partial charge in [0, 0.05) is 25.2 Å². The predicted octanol–water partition coefficient (Wildman–Crippen LogP) is 0.961. The average molecular weight is 340 g/mol. The minimum atomic E-state index is -3.14. The van der Waals surface area contributed by atoms with Crippen LogP contribution in [0.2, 0.25) is 0 Å². The third-order valence-corrected chi connectivity index (χ3v) is 5.52. The van der Waals surface area contributed by atoms with E-state index in [1.54, 1.807) is 12.4 Å². The van der Waals surface area contributed by atoms with E-state index in [1.165, 1.54) is 15.5 Å². The fraction of sp³-hybridized carbons (Fsp3) is 0.643. The van der Waals surface area contributed by atoms with Crippen LogP contribution >= 0.6 is 0 Å². The van der Waals surface area contributed by atoms with Crippen molar-refractivity contribution in [2.24, 2.45) is 0 Å². The van der Waals surface area contributed by atoms with Gasteiger partial charge in [-0.3, -0.25) is 9.88 Å². The van der Waals surface area contributed by atoms with Crippen LogP contribution in [0.5, 0.6) is 0 Å². The highest BCUT2D eigenvalue weighted by Crippen LogP contribution is 2.29. The molecule has 3 rings (SSSR count). The van der Waals surface area contributed by atoms with Gasteiger partial charge in [-0.2, -0.15) is 0 Å². The summed E-state index contributed by atoms with van der Waals surface area (Å²) in [5.74, 6) is 0.638. The Balaban J connectivity index is 1.73. The molecule has 0 radical (unpaired) electrons. The molecule has 2 fully saturated rings. The zero-order valence-electron chi connectivity index (χ0n) is 13.2. The summed E-state index contributed by atoms with van der Waals surface area (Å²) in [6.45, 7) is 3.26. The molecule has 0 aromatic carbocycles. The molecule has 1 amide bonds. The lowest BCUT2D eigenvalue weighted by Crippen LogP contribution is -2.37. The second kappa shape index (κ2) is 6.04. The Hall–Kier alpha value is -1.74. The van der Waals surface area contributed by atoms with Gasteiger partial charge in [0.25, 0.3) is 0 Å². The number of ether oxygens (including phenoxy) is 1. The first-order valence-corrected chi connectivity index (χ1v) is 9.44. The first-order chi connectivity index (χ1) is 10.8. The Labute approximate surface area is 135 Å². The summed E-state index contributed by atoms with van der Waals surface area (Å²) < 4.78 is 29.7. The minimum absolute atomic E-state index is 0.150. The molecule has 2 aliphatic rings. The van der Waals surface area contributed by atoms with E-state index < -0.39 is 16.1 Å². The van der Waals surface area contributed by atoms with Crippen molar-refractivity contribution in [1.82, 2.24) is 14.3 Å². The standard InChI is InChI=1S/C14H20N4O4S/c1-10-9-18(14(19)22-10)13-8-15-7-12(16-13)11-3-5-17(6-4-11)23(2,20)21/h7-8,10-11H,3-6,9H2,1-2H3. The lowest BCUT2D eigenvalue weighted by molar-refractivity contribution is 0.150. The lowest BCUT2D eigenvalue weighted by Gasteiger charge is -2.29. The molecule has 0 saturated carbocycles. The molecule has 23 heavy (non-hydrogen) atoms. The van der Waals surface area contributed by atoms with Gasteiger partial charge in [0.05, 0.1) is 24.7 Å². The average Bonchev–Trinajstić information content (AvgIpc) is 2.85. The molecule has 2 saturated heterocycles. The molecule has 9 heteroatoms. The summed E-state index contributed by atoms with van der Waals surface area (Å²) in [6.07, 6.45) is 5.30. The summed E-state index contributed by atoms with van der Waals surface area (Å²) in [5.41, 5.74) is 0.794. The smallest absolute Gasteiger partial charge is 0.415 e. The lowest BCUT2D eigenvalue weighted by atomic mass is 9.95. The number of nitrogens with zero attached hydrogens (tertiary/aromatic N) is 4. The highest BCUT2D eigenvalue weighted by molar-refractivity contribution is 7.88. The van der Waals surface area contributed by atoms with Crippen LogP contribution in [-0.2, 0) is 14.8 Å². The van der Waals surface area contributed by atoms with Crippen molar-refractivity contribution in [3.05, 3.63) is 18.1 Å². The molecule has 0 spiro atoms. The summed E-state index contributed by atoms with van der Waals surface area (Å²) in [6, 6.07) is 0. The zero-order valence-corrected chi connectivity index (χ0v) is 14.0. The molecule has 3 heterocycles. The van der Waals surface area contributed by atoms with Gasteiger partial charge in [-0.15, -0.1) is 0 Å². The second-order valence-electron chi connectivity index (χ2n) is 6.04. The molecule has 1 aromatic rings. The van der Waals surface area contributed by atoms with E-state index in [-0.39, 0.29) is 12.0 Å². The summed E-state index contributed by atoms with van der Waals surface area (Å²) in [7, 11) is -3.14. The molecular weight excluding hydrogens is 320 g/mol. The zero-order chi connectivity index (χ0) is 16.6. The Bertz CT molecular complexity index is 700. The van der Waals surface area contributed by atoms with E-state index in [2.05, 4.69) is 9.97 Å². The highest BCUT2D eigenvalue weighted by atomic mass is 32.2. The van der Waals surface area contributed by atoms with E-state index >= 15 is 0 Å². The Kier molecular flexibility index (Phi) is 4.24. The Morgan fingerprint density at radius 2 is 1.96 bits per heavy atom. The van der Waals surface area contributed by atoms with Crippen molar-refractivity contribution < 1.29 is 17.9 Å². The van der Waals surface area contributed by atoms with E-state index in [1.807, 2.05) is 6.92 Å². The molecule has 126 valence electrons. The van der Waals surface area contributed by atoms with Gasteiger partial charge in [0.2, 0.25) is 10.0 Å². The van der Waals surface area contributed by atoms with E-state index in [9.17, 15) is 13.2 Å². The number of piperidine rings is 1. The Morgan fingerprint density at radius 1 is 1.26 bits per heavy atom. The maximum absolute atomic E-state index is 11.8. The van der Waals surface area contributed by atoms with Gasteiger partial charge < -0.3 is 4.74 Å². The second-order valence-corrected chi connectivity index (χ2v) is 8.03. The van der Waals surface area contributed by atoms with Crippen LogP contribution in [0.15, 0.2) is 12.4 Å². The fourth-order valence-electron chi connectivity index (χ4n) is 2.97. The first kappa shape index (κ1) is 16.1. The number of carbonyl (C=O) groups excluding carboxylic acids is 1. The number of rotatable bonds is 3. The molecule has 0 bridgehead atoms. The van der Waals surface area contributed by atoms with Crippen molar-refractivity contribution in [3.8, 4) is 0 Å². The van der Waals surface area contributed by atoms with Crippen LogP contribution in [0.3, 0.4) is 0 Å².